The molecule has 2 aromatic rings. The number of benzene rings is 1. The molecule has 0 saturated carbocycles. The lowest BCUT2D eigenvalue weighted by atomic mass is 9.96. The first-order valence-corrected chi connectivity index (χ1v) is 9.46. The highest BCUT2D eigenvalue weighted by molar-refractivity contribution is 5.80. The molecular formula is C21H27N5. The van der Waals surface area contributed by atoms with Gasteiger partial charge in [0.1, 0.15) is 11.9 Å². The third-order valence-electron chi connectivity index (χ3n) is 5.56. The van der Waals surface area contributed by atoms with E-state index in [2.05, 4.69) is 65.1 Å². The van der Waals surface area contributed by atoms with Crippen molar-refractivity contribution < 1.29 is 0 Å². The molecular weight excluding hydrogens is 322 g/mol. The Kier molecular flexibility index (Phi) is 4.64. The molecule has 0 bridgehead atoms. The average Bonchev–Trinajstić information content (AvgIpc) is 3.08. The van der Waals surface area contributed by atoms with Gasteiger partial charge in [-0.05, 0) is 48.2 Å². The van der Waals surface area contributed by atoms with Crippen LogP contribution in [0.15, 0.2) is 35.6 Å². The molecule has 1 aromatic carbocycles. The molecule has 2 aliphatic rings. The van der Waals surface area contributed by atoms with Crippen LogP contribution in [-0.2, 0) is 19.9 Å². The van der Waals surface area contributed by atoms with E-state index in [0.717, 1.165) is 38.0 Å². The predicted molar refractivity (Wildman–Crippen MR) is 108 cm³/mol. The fraction of sp³-hybridized carbons (Fsp3) is 0.429. The molecule has 0 spiro atoms. The second-order valence-electron chi connectivity index (χ2n) is 7.14. The molecule has 1 unspecified atom stereocenters. The lowest BCUT2D eigenvalue weighted by Crippen LogP contribution is -2.35. The van der Waals surface area contributed by atoms with Crippen LogP contribution < -0.4 is 10.2 Å². The van der Waals surface area contributed by atoms with Crippen LogP contribution in [0.25, 0.3) is 5.57 Å². The summed E-state index contributed by atoms with van der Waals surface area (Å²) in [4.78, 5) is 11.5. The molecule has 2 aliphatic heterocycles. The zero-order chi connectivity index (χ0) is 18.1. The Hall–Kier alpha value is -2.40. The minimum Gasteiger partial charge on any atom is -0.352 e. The smallest absolute Gasteiger partial charge is 0.126 e. The van der Waals surface area contributed by atoms with E-state index in [0.29, 0.717) is 0 Å². The SMILES string of the molecule is CCc1cc(C2=CCNCC2)ccc1N(C)C1Cc2c(ncn2C)C=N1. The number of fused-ring (bicyclic) bond motifs is 1. The van der Waals surface area contributed by atoms with Crippen LogP contribution in [-0.4, -0.2) is 42.1 Å². The van der Waals surface area contributed by atoms with Crippen molar-refractivity contribution in [3.05, 3.63) is 53.1 Å². The summed E-state index contributed by atoms with van der Waals surface area (Å²) in [5.41, 5.74) is 7.74. The maximum atomic E-state index is 4.75. The Balaban J connectivity index is 1.61. The molecule has 0 saturated heterocycles. The molecule has 0 fully saturated rings. The van der Waals surface area contributed by atoms with E-state index in [1.807, 2.05) is 12.5 Å². The Morgan fingerprint density at radius 2 is 2.23 bits per heavy atom. The van der Waals surface area contributed by atoms with Crippen molar-refractivity contribution in [2.75, 3.05) is 25.0 Å². The Morgan fingerprint density at radius 1 is 1.35 bits per heavy atom. The third kappa shape index (κ3) is 3.07. The largest absolute Gasteiger partial charge is 0.352 e. The van der Waals surface area contributed by atoms with Crippen LogP contribution in [0.5, 0.6) is 0 Å². The number of anilines is 1. The molecule has 5 heteroatoms. The van der Waals surface area contributed by atoms with Crippen LogP contribution in [0.4, 0.5) is 5.69 Å². The van der Waals surface area contributed by atoms with Gasteiger partial charge in [-0.2, -0.15) is 0 Å². The summed E-state index contributed by atoms with van der Waals surface area (Å²) in [6.45, 7) is 4.28. The van der Waals surface area contributed by atoms with Gasteiger partial charge < -0.3 is 14.8 Å². The van der Waals surface area contributed by atoms with Gasteiger partial charge in [-0.25, -0.2) is 4.98 Å². The second kappa shape index (κ2) is 7.08. The molecule has 3 heterocycles. The fourth-order valence-electron chi connectivity index (χ4n) is 3.91. The number of nitrogens with one attached hydrogen (secondary N) is 1. The number of nitrogens with zero attached hydrogens (tertiary/aromatic N) is 4. The van der Waals surface area contributed by atoms with Gasteiger partial charge in [-0.1, -0.05) is 19.1 Å². The van der Waals surface area contributed by atoms with Crippen LogP contribution in [0, 0.1) is 0 Å². The first-order chi connectivity index (χ1) is 12.7. The Labute approximate surface area is 155 Å². The van der Waals surface area contributed by atoms with Gasteiger partial charge in [0.2, 0.25) is 0 Å². The number of likely N-dealkylation sites (N-methyl/N-ethyl adjacent to an activating group) is 1. The molecule has 1 aromatic heterocycles. The summed E-state index contributed by atoms with van der Waals surface area (Å²) in [7, 11) is 4.21. The van der Waals surface area contributed by atoms with Gasteiger partial charge in [0.25, 0.3) is 0 Å². The van der Waals surface area contributed by atoms with Crippen molar-refractivity contribution in [3.63, 3.8) is 0 Å². The minimum absolute atomic E-state index is 0.118. The van der Waals surface area contributed by atoms with Crippen LogP contribution in [0.3, 0.4) is 0 Å². The highest BCUT2D eigenvalue weighted by atomic mass is 15.2. The van der Waals surface area contributed by atoms with E-state index in [4.69, 9.17) is 4.99 Å². The lowest BCUT2D eigenvalue weighted by molar-refractivity contribution is 0.620. The monoisotopic (exact) mass is 349 g/mol. The van der Waals surface area contributed by atoms with E-state index in [9.17, 15) is 0 Å². The van der Waals surface area contributed by atoms with Crippen molar-refractivity contribution >= 4 is 17.5 Å². The van der Waals surface area contributed by atoms with Crippen molar-refractivity contribution in [1.29, 1.82) is 0 Å². The predicted octanol–water partition coefficient (Wildman–Crippen LogP) is 2.80. The molecule has 0 aliphatic carbocycles. The van der Waals surface area contributed by atoms with E-state index in [-0.39, 0.29) is 6.17 Å². The number of hydrogen-bond acceptors (Lipinski definition) is 4. The van der Waals surface area contributed by atoms with Crippen molar-refractivity contribution in [2.24, 2.45) is 12.0 Å². The molecule has 5 nitrogen and oxygen atoms in total. The van der Waals surface area contributed by atoms with Crippen molar-refractivity contribution in [2.45, 2.75) is 32.4 Å². The summed E-state index contributed by atoms with van der Waals surface area (Å²) < 4.78 is 2.11. The van der Waals surface area contributed by atoms with Gasteiger partial charge >= 0.3 is 0 Å². The fourth-order valence-corrected chi connectivity index (χ4v) is 3.91. The number of aryl methyl sites for hydroxylation is 2. The van der Waals surface area contributed by atoms with Crippen molar-refractivity contribution in [1.82, 2.24) is 14.9 Å². The minimum atomic E-state index is 0.118. The Morgan fingerprint density at radius 3 is 3.00 bits per heavy atom. The second-order valence-corrected chi connectivity index (χ2v) is 7.14. The zero-order valence-electron chi connectivity index (χ0n) is 15.9. The number of aliphatic imine (C=N–C) groups is 1. The lowest BCUT2D eigenvalue weighted by Gasteiger charge is -2.31. The molecule has 26 heavy (non-hydrogen) atoms. The third-order valence-corrected chi connectivity index (χ3v) is 5.56. The van der Waals surface area contributed by atoms with Crippen LogP contribution in [0.1, 0.15) is 35.9 Å². The summed E-state index contributed by atoms with van der Waals surface area (Å²) >= 11 is 0. The standard InChI is InChI=1S/C21H27N5/c1-4-15-11-17(16-7-9-22-10-8-16)5-6-19(15)26(3)21-12-20-18(13-23-21)24-14-25(20)2/h5-7,11,13-14,21-22H,4,8-10,12H2,1-3H3. The normalized spacial score (nSPS) is 19.2. The topological polar surface area (TPSA) is 45.5 Å². The quantitative estimate of drug-likeness (QED) is 0.923. The maximum absolute atomic E-state index is 4.75. The van der Waals surface area contributed by atoms with Gasteiger partial charge in [0.05, 0.1) is 12.5 Å². The first kappa shape index (κ1) is 17.0. The first-order valence-electron chi connectivity index (χ1n) is 9.46. The number of imidazole rings is 1. The molecule has 4 rings (SSSR count). The number of aromatic nitrogens is 2. The number of rotatable bonds is 4. The van der Waals surface area contributed by atoms with Crippen LogP contribution in [0.2, 0.25) is 0 Å². The molecule has 136 valence electrons. The van der Waals surface area contributed by atoms with E-state index in [1.165, 1.54) is 28.1 Å². The van der Waals surface area contributed by atoms with E-state index < -0.39 is 0 Å². The zero-order valence-corrected chi connectivity index (χ0v) is 15.9. The van der Waals surface area contributed by atoms with Gasteiger partial charge in [-0.3, -0.25) is 4.99 Å². The van der Waals surface area contributed by atoms with Crippen molar-refractivity contribution in [3.8, 4) is 0 Å². The Bertz CT molecular complexity index is 861. The van der Waals surface area contributed by atoms with Gasteiger partial charge in [0.15, 0.2) is 0 Å². The summed E-state index contributed by atoms with van der Waals surface area (Å²) in [5.74, 6) is 0. The summed E-state index contributed by atoms with van der Waals surface area (Å²) in [5, 5.41) is 3.39. The molecule has 1 N–H and O–H groups in total. The molecule has 1 atom stereocenters. The van der Waals surface area contributed by atoms with Gasteiger partial charge in [0, 0.05) is 38.4 Å². The summed E-state index contributed by atoms with van der Waals surface area (Å²) in [6.07, 6.45) is 9.24. The van der Waals surface area contributed by atoms with Gasteiger partial charge in [-0.15, -0.1) is 0 Å². The highest BCUT2D eigenvalue weighted by Crippen LogP contribution is 2.30. The molecule has 0 radical (unpaired) electrons. The molecule has 0 amide bonds. The van der Waals surface area contributed by atoms with E-state index >= 15 is 0 Å². The van der Waals surface area contributed by atoms with E-state index in [1.54, 1.807) is 0 Å². The average molecular weight is 349 g/mol. The number of hydrogen-bond donors (Lipinski definition) is 1. The maximum Gasteiger partial charge on any atom is 0.126 e. The van der Waals surface area contributed by atoms with Crippen LogP contribution >= 0.6 is 0 Å². The summed E-state index contributed by atoms with van der Waals surface area (Å²) in [6, 6.07) is 6.90. The highest BCUT2D eigenvalue weighted by Gasteiger charge is 2.23.